The van der Waals surface area contributed by atoms with Gasteiger partial charge in [-0.25, -0.2) is 4.39 Å². The summed E-state index contributed by atoms with van der Waals surface area (Å²) in [6, 6.07) is 11.5. The summed E-state index contributed by atoms with van der Waals surface area (Å²) in [6.45, 7) is 0. The first-order chi connectivity index (χ1) is 8.15. The Hall–Kier alpha value is -2.36. The summed E-state index contributed by atoms with van der Waals surface area (Å²) in [5, 5.41) is 20.8. The number of phenols is 1. The van der Waals surface area contributed by atoms with Crippen molar-refractivity contribution in [2.75, 3.05) is 0 Å². The zero-order chi connectivity index (χ0) is 12.3. The normalized spacial score (nSPS) is 11.5. The van der Waals surface area contributed by atoms with Gasteiger partial charge in [-0.05, 0) is 36.4 Å². The van der Waals surface area contributed by atoms with Crippen LogP contribution in [-0.2, 0) is 0 Å². The number of hydrogen-bond donors (Lipinski definition) is 1. The van der Waals surface area contributed by atoms with Gasteiger partial charge in [0.15, 0.2) is 6.21 Å². The second-order valence-corrected chi connectivity index (χ2v) is 3.52. The molecule has 0 aromatic heterocycles. The molecule has 86 valence electrons. The van der Waals surface area contributed by atoms with Crippen LogP contribution in [0.2, 0.25) is 0 Å². The predicted octanol–water partition coefficient (Wildman–Crippen LogP) is 2.79. The lowest BCUT2D eigenvalue weighted by Crippen LogP contribution is -1.98. The maximum Gasteiger partial charge on any atom is 0.216 e. The van der Waals surface area contributed by atoms with Crippen molar-refractivity contribution in [3.63, 3.8) is 0 Å². The highest BCUT2D eigenvalue weighted by molar-refractivity contribution is 5.76. The molecule has 17 heavy (non-hydrogen) atoms. The van der Waals surface area contributed by atoms with Crippen LogP contribution in [0.3, 0.4) is 0 Å². The molecule has 0 fully saturated rings. The molecular weight excluding hydrogens is 221 g/mol. The molecule has 0 saturated carbocycles. The number of halogens is 1. The fourth-order valence-electron chi connectivity index (χ4n) is 1.36. The van der Waals surface area contributed by atoms with Crippen molar-refractivity contribution in [1.82, 2.24) is 0 Å². The van der Waals surface area contributed by atoms with Crippen molar-refractivity contribution in [1.29, 1.82) is 0 Å². The summed E-state index contributed by atoms with van der Waals surface area (Å²) in [5.74, 6) is -0.242. The number of phenolic OH excluding ortho intramolecular Hbond substituents is 1. The van der Waals surface area contributed by atoms with Gasteiger partial charge in [0.25, 0.3) is 0 Å². The third kappa shape index (κ3) is 2.81. The Morgan fingerprint density at radius 2 is 1.59 bits per heavy atom. The predicted molar refractivity (Wildman–Crippen MR) is 63.0 cm³/mol. The molecule has 3 nitrogen and oxygen atoms in total. The molecule has 0 bridgehead atoms. The van der Waals surface area contributed by atoms with E-state index in [0.717, 1.165) is 0 Å². The second kappa shape index (κ2) is 4.65. The summed E-state index contributed by atoms with van der Waals surface area (Å²) in [6.07, 6.45) is 1.35. The smallest absolute Gasteiger partial charge is 0.216 e. The molecule has 0 aliphatic rings. The van der Waals surface area contributed by atoms with E-state index < -0.39 is 0 Å². The zero-order valence-corrected chi connectivity index (χ0v) is 8.88. The van der Waals surface area contributed by atoms with Gasteiger partial charge in [-0.1, -0.05) is 0 Å². The Bertz CT molecular complexity index is 532. The molecule has 0 aliphatic carbocycles. The first-order valence-electron chi connectivity index (χ1n) is 5.01. The van der Waals surface area contributed by atoms with E-state index in [1.54, 1.807) is 12.1 Å². The molecule has 0 saturated heterocycles. The van der Waals surface area contributed by atoms with Crippen molar-refractivity contribution in [3.8, 4) is 5.75 Å². The molecule has 0 radical (unpaired) electrons. The van der Waals surface area contributed by atoms with Crippen LogP contribution in [0.1, 0.15) is 5.56 Å². The maximum atomic E-state index is 12.7. The number of aromatic hydroxyl groups is 1. The van der Waals surface area contributed by atoms with Gasteiger partial charge in [-0.3, -0.25) is 0 Å². The summed E-state index contributed by atoms with van der Waals surface area (Å²) in [4.78, 5) is 0. The highest BCUT2D eigenvalue weighted by Gasteiger charge is 2.01. The van der Waals surface area contributed by atoms with Gasteiger partial charge in [-0.2, -0.15) is 4.74 Å². The fourth-order valence-corrected chi connectivity index (χ4v) is 1.36. The monoisotopic (exact) mass is 231 g/mol. The van der Waals surface area contributed by atoms with Crippen LogP contribution in [0.5, 0.6) is 5.75 Å². The minimum atomic E-state index is -0.383. The van der Waals surface area contributed by atoms with Crippen LogP contribution in [0.4, 0.5) is 10.1 Å². The van der Waals surface area contributed by atoms with Crippen molar-refractivity contribution in [2.24, 2.45) is 0 Å². The Labute approximate surface area is 97.7 Å². The van der Waals surface area contributed by atoms with E-state index in [9.17, 15) is 9.60 Å². The third-order valence-electron chi connectivity index (χ3n) is 2.24. The molecule has 0 heterocycles. The first kappa shape index (κ1) is 11.1. The summed E-state index contributed by atoms with van der Waals surface area (Å²) in [5.41, 5.74) is 1.00. The minimum absolute atomic E-state index is 0.140. The molecule has 2 aromatic rings. The quantitative estimate of drug-likeness (QED) is 0.374. The van der Waals surface area contributed by atoms with Crippen LogP contribution in [0, 0.1) is 11.0 Å². The molecule has 2 rings (SSSR count). The van der Waals surface area contributed by atoms with E-state index in [1.165, 1.54) is 42.6 Å². The van der Waals surface area contributed by atoms with Crippen LogP contribution in [0.15, 0.2) is 48.5 Å². The highest BCUT2D eigenvalue weighted by Crippen LogP contribution is 2.13. The van der Waals surface area contributed by atoms with Crippen LogP contribution < -0.4 is 0 Å². The molecule has 2 aromatic carbocycles. The first-order valence-corrected chi connectivity index (χ1v) is 5.01. The SMILES string of the molecule is [O-]/[N+](=C\c1ccc(O)cc1)c1ccc(F)cc1. The van der Waals surface area contributed by atoms with Crippen LogP contribution >= 0.6 is 0 Å². The molecule has 0 atom stereocenters. The van der Waals surface area contributed by atoms with E-state index in [-0.39, 0.29) is 11.6 Å². The second-order valence-electron chi connectivity index (χ2n) is 3.52. The minimum Gasteiger partial charge on any atom is -0.618 e. The third-order valence-corrected chi connectivity index (χ3v) is 2.24. The van der Waals surface area contributed by atoms with Gasteiger partial charge in [0.1, 0.15) is 11.6 Å². The van der Waals surface area contributed by atoms with E-state index in [2.05, 4.69) is 0 Å². The highest BCUT2D eigenvalue weighted by atomic mass is 19.1. The molecule has 0 amide bonds. The van der Waals surface area contributed by atoms with Crippen LogP contribution in [0.25, 0.3) is 0 Å². The van der Waals surface area contributed by atoms with Gasteiger partial charge in [0.05, 0.1) is 0 Å². The van der Waals surface area contributed by atoms with Crippen molar-refractivity contribution in [3.05, 3.63) is 65.1 Å². The standard InChI is InChI=1S/C13H10FNO2/c14-11-3-5-12(6-4-11)15(17)9-10-1-7-13(16)8-2-10/h1-9,16H/b15-9-. The Kier molecular flexibility index (Phi) is 3.05. The lowest BCUT2D eigenvalue weighted by molar-refractivity contribution is -0.354. The average Bonchev–Trinajstić information content (AvgIpc) is 2.33. The number of nitrogens with zero attached hydrogens (tertiary/aromatic N) is 1. The topological polar surface area (TPSA) is 46.3 Å². The molecule has 1 N–H and O–H groups in total. The summed E-state index contributed by atoms with van der Waals surface area (Å²) < 4.78 is 13.3. The van der Waals surface area contributed by atoms with E-state index in [4.69, 9.17) is 5.11 Å². The van der Waals surface area contributed by atoms with Crippen molar-refractivity contribution < 1.29 is 14.2 Å². The number of benzene rings is 2. The Balaban J connectivity index is 2.27. The van der Waals surface area contributed by atoms with E-state index in [0.29, 0.717) is 16.0 Å². The largest absolute Gasteiger partial charge is 0.618 e. The molecular formula is C13H10FNO2. The van der Waals surface area contributed by atoms with Gasteiger partial charge in [0, 0.05) is 17.7 Å². The average molecular weight is 231 g/mol. The van der Waals surface area contributed by atoms with Gasteiger partial charge in [-0.15, -0.1) is 0 Å². The Morgan fingerprint density at radius 3 is 2.18 bits per heavy atom. The fraction of sp³-hybridized carbons (Fsp3) is 0. The van der Waals surface area contributed by atoms with Gasteiger partial charge < -0.3 is 10.3 Å². The maximum absolute atomic E-state index is 12.7. The number of hydrogen-bond acceptors (Lipinski definition) is 2. The van der Waals surface area contributed by atoms with Crippen molar-refractivity contribution in [2.45, 2.75) is 0 Å². The van der Waals surface area contributed by atoms with Gasteiger partial charge >= 0.3 is 0 Å². The number of rotatable bonds is 2. The lowest BCUT2D eigenvalue weighted by atomic mass is 10.2. The molecule has 4 heteroatoms. The Morgan fingerprint density at radius 1 is 1.00 bits per heavy atom. The van der Waals surface area contributed by atoms with Crippen molar-refractivity contribution >= 4 is 11.9 Å². The molecule has 0 unspecified atom stereocenters. The zero-order valence-electron chi connectivity index (χ0n) is 8.88. The van der Waals surface area contributed by atoms with E-state index in [1.807, 2.05) is 0 Å². The van der Waals surface area contributed by atoms with Gasteiger partial charge in [0.2, 0.25) is 5.69 Å². The van der Waals surface area contributed by atoms with Crippen LogP contribution in [-0.4, -0.2) is 16.1 Å². The lowest BCUT2D eigenvalue weighted by Gasteiger charge is -2.02. The molecule has 0 aliphatic heterocycles. The summed E-state index contributed by atoms with van der Waals surface area (Å²) >= 11 is 0. The summed E-state index contributed by atoms with van der Waals surface area (Å²) in [7, 11) is 0. The molecule has 0 spiro atoms. The van der Waals surface area contributed by atoms with E-state index >= 15 is 0 Å².